The van der Waals surface area contributed by atoms with Crippen LogP contribution in [0.2, 0.25) is 0 Å². The van der Waals surface area contributed by atoms with Crippen molar-refractivity contribution in [1.82, 2.24) is 4.98 Å². The number of aldehydes is 1. The minimum Gasteiger partial charge on any atom is -0.383 e. The standard InChI is InChI=1S/C15H26N2O2S/c1-11(2)9-17(7-8-19-6)14-16-13(15(3,4)5)12(10-18)20-14/h10-11H,7-9H2,1-6H3. The Morgan fingerprint density at radius 2 is 2.05 bits per heavy atom. The maximum Gasteiger partial charge on any atom is 0.186 e. The highest BCUT2D eigenvalue weighted by Gasteiger charge is 2.25. The van der Waals surface area contributed by atoms with Gasteiger partial charge in [-0.2, -0.15) is 0 Å². The number of methoxy groups -OCH3 is 1. The van der Waals surface area contributed by atoms with E-state index in [1.807, 2.05) is 0 Å². The smallest absolute Gasteiger partial charge is 0.186 e. The molecule has 0 fully saturated rings. The molecular formula is C15H26N2O2S. The topological polar surface area (TPSA) is 42.4 Å². The van der Waals surface area contributed by atoms with Crippen molar-refractivity contribution in [3.63, 3.8) is 0 Å². The Kier molecular flexibility index (Phi) is 6.14. The van der Waals surface area contributed by atoms with Crippen molar-refractivity contribution < 1.29 is 9.53 Å². The van der Waals surface area contributed by atoms with Gasteiger partial charge in [0.1, 0.15) is 0 Å². The highest BCUT2D eigenvalue weighted by atomic mass is 32.1. The van der Waals surface area contributed by atoms with Crippen molar-refractivity contribution >= 4 is 22.8 Å². The number of hydrogen-bond acceptors (Lipinski definition) is 5. The quantitative estimate of drug-likeness (QED) is 0.724. The average Bonchev–Trinajstić information content (AvgIpc) is 2.77. The van der Waals surface area contributed by atoms with Crippen LogP contribution in [0.4, 0.5) is 5.13 Å². The van der Waals surface area contributed by atoms with Crippen LogP contribution in [-0.2, 0) is 10.2 Å². The second-order valence-electron chi connectivity index (χ2n) is 6.41. The second kappa shape index (κ2) is 7.18. The number of carbonyl (C=O) groups excluding carboxylic acids is 1. The summed E-state index contributed by atoms with van der Waals surface area (Å²) in [5.74, 6) is 0.536. The van der Waals surface area contributed by atoms with Crippen LogP contribution in [0.5, 0.6) is 0 Å². The molecule has 1 aromatic heterocycles. The van der Waals surface area contributed by atoms with Crippen LogP contribution in [0.3, 0.4) is 0 Å². The summed E-state index contributed by atoms with van der Waals surface area (Å²) >= 11 is 1.48. The van der Waals surface area contributed by atoms with E-state index < -0.39 is 0 Å². The van der Waals surface area contributed by atoms with Gasteiger partial charge in [-0.1, -0.05) is 46.0 Å². The predicted molar refractivity (Wildman–Crippen MR) is 85.1 cm³/mol. The molecule has 0 bridgehead atoms. The molecule has 114 valence electrons. The van der Waals surface area contributed by atoms with E-state index in [-0.39, 0.29) is 5.41 Å². The zero-order valence-corrected chi connectivity index (χ0v) is 14.2. The molecule has 0 N–H and O–H groups in total. The van der Waals surface area contributed by atoms with Gasteiger partial charge in [-0.15, -0.1) is 0 Å². The van der Waals surface area contributed by atoms with Crippen molar-refractivity contribution in [2.24, 2.45) is 5.92 Å². The molecule has 0 spiro atoms. The second-order valence-corrected chi connectivity index (χ2v) is 7.42. The number of anilines is 1. The Morgan fingerprint density at radius 3 is 2.45 bits per heavy atom. The lowest BCUT2D eigenvalue weighted by Gasteiger charge is -2.23. The lowest BCUT2D eigenvalue weighted by Crippen LogP contribution is -2.31. The molecule has 1 heterocycles. The zero-order chi connectivity index (χ0) is 15.3. The van der Waals surface area contributed by atoms with Crippen LogP contribution in [0, 0.1) is 5.92 Å². The van der Waals surface area contributed by atoms with E-state index in [2.05, 4.69) is 39.5 Å². The van der Waals surface area contributed by atoms with Gasteiger partial charge in [-0.3, -0.25) is 4.79 Å². The molecule has 20 heavy (non-hydrogen) atoms. The summed E-state index contributed by atoms with van der Waals surface area (Å²) in [5.41, 5.74) is 0.772. The zero-order valence-electron chi connectivity index (χ0n) is 13.4. The van der Waals surface area contributed by atoms with E-state index in [9.17, 15) is 4.79 Å². The molecule has 0 saturated carbocycles. The molecule has 0 aliphatic carbocycles. The Bertz CT molecular complexity index is 436. The van der Waals surface area contributed by atoms with Crippen molar-refractivity contribution in [2.75, 3.05) is 31.7 Å². The normalized spacial score (nSPS) is 11.9. The Morgan fingerprint density at radius 1 is 1.40 bits per heavy atom. The Balaban J connectivity index is 3.07. The van der Waals surface area contributed by atoms with Gasteiger partial charge in [0.15, 0.2) is 11.4 Å². The number of nitrogens with zero attached hydrogens (tertiary/aromatic N) is 2. The van der Waals surface area contributed by atoms with Gasteiger partial charge < -0.3 is 9.64 Å². The minimum absolute atomic E-state index is 0.115. The Hall–Kier alpha value is -0.940. The van der Waals surface area contributed by atoms with Crippen LogP contribution in [-0.4, -0.2) is 38.1 Å². The van der Waals surface area contributed by atoms with Gasteiger partial charge in [0, 0.05) is 25.6 Å². The third kappa shape index (κ3) is 4.56. The molecule has 0 unspecified atom stereocenters. The molecule has 0 aliphatic rings. The van der Waals surface area contributed by atoms with E-state index in [1.54, 1.807) is 7.11 Å². The van der Waals surface area contributed by atoms with Crippen LogP contribution in [0.1, 0.15) is 50.0 Å². The fourth-order valence-electron chi connectivity index (χ4n) is 1.98. The van der Waals surface area contributed by atoms with Gasteiger partial charge >= 0.3 is 0 Å². The summed E-state index contributed by atoms with van der Waals surface area (Å²) in [6.45, 7) is 13.0. The van der Waals surface area contributed by atoms with Crippen molar-refractivity contribution in [3.8, 4) is 0 Å². The van der Waals surface area contributed by atoms with Gasteiger partial charge in [-0.05, 0) is 5.92 Å². The highest BCUT2D eigenvalue weighted by Crippen LogP contribution is 2.33. The van der Waals surface area contributed by atoms with Crippen LogP contribution >= 0.6 is 11.3 Å². The number of aromatic nitrogens is 1. The van der Waals surface area contributed by atoms with Gasteiger partial charge in [0.05, 0.1) is 17.2 Å². The molecule has 1 rings (SSSR count). The van der Waals surface area contributed by atoms with Crippen molar-refractivity contribution in [2.45, 2.75) is 40.0 Å². The van der Waals surface area contributed by atoms with E-state index in [4.69, 9.17) is 9.72 Å². The molecule has 0 radical (unpaired) electrons. The lowest BCUT2D eigenvalue weighted by molar-refractivity contribution is 0.112. The average molecular weight is 298 g/mol. The van der Waals surface area contributed by atoms with Crippen LogP contribution in [0.15, 0.2) is 0 Å². The summed E-state index contributed by atoms with van der Waals surface area (Å²) in [7, 11) is 1.70. The number of rotatable bonds is 7. The first kappa shape index (κ1) is 17.1. The molecule has 0 aromatic carbocycles. The number of ether oxygens (including phenoxy) is 1. The minimum atomic E-state index is -0.115. The third-order valence-corrected chi connectivity index (χ3v) is 3.92. The fraction of sp³-hybridized carbons (Fsp3) is 0.733. The first-order valence-corrected chi connectivity index (χ1v) is 7.81. The molecule has 1 aromatic rings. The highest BCUT2D eigenvalue weighted by molar-refractivity contribution is 7.17. The number of hydrogen-bond donors (Lipinski definition) is 0. The van der Waals surface area contributed by atoms with E-state index in [0.29, 0.717) is 12.5 Å². The molecule has 0 amide bonds. The summed E-state index contributed by atoms with van der Waals surface area (Å²) in [6, 6.07) is 0. The molecule has 0 saturated heterocycles. The molecule has 4 nitrogen and oxygen atoms in total. The summed E-state index contributed by atoms with van der Waals surface area (Å²) in [4.78, 5) is 18.9. The summed E-state index contributed by atoms with van der Waals surface area (Å²) in [5, 5.41) is 0.919. The largest absolute Gasteiger partial charge is 0.383 e. The first-order chi connectivity index (χ1) is 9.29. The maximum absolute atomic E-state index is 11.3. The van der Waals surface area contributed by atoms with Crippen LogP contribution in [0.25, 0.3) is 0 Å². The van der Waals surface area contributed by atoms with E-state index >= 15 is 0 Å². The first-order valence-electron chi connectivity index (χ1n) is 7.00. The van der Waals surface area contributed by atoms with Crippen molar-refractivity contribution in [3.05, 3.63) is 10.6 Å². The summed E-state index contributed by atoms with van der Waals surface area (Å²) in [6.07, 6.45) is 0.922. The predicted octanol–water partition coefficient (Wildman–Crippen LogP) is 3.36. The molecule has 0 aliphatic heterocycles. The van der Waals surface area contributed by atoms with E-state index in [1.165, 1.54) is 11.3 Å². The third-order valence-electron chi connectivity index (χ3n) is 2.88. The van der Waals surface area contributed by atoms with Gasteiger partial charge in [-0.25, -0.2) is 4.98 Å². The van der Waals surface area contributed by atoms with Crippen LogP contribution < -0.4 is 4.90 Å². The molecule has 0 atom stereocenters. The Labute approximate surface area is 126 Å². The molecular weight excluding hydrogens is 272 g/mol. The lowest BCUT2D eigenvalue weighted by atomic mass is 9.91. The maximum atomic E-state index is 11.3. The number of thiazole rings is 1. The van der Waals surface area contributed by atoms with Gasteiger partial charge in [0.2, 0.25) is 0 Å². The summed E-state index contributed by atoms with van der Waals surface area (Å²) < 4.78 is 5.17. The SMILES string of the molecule is COCCN(CC(C)C)c1nc(C(C)(C)C)c(C=O)s1. The van der Waals surface area contributed by atoms with Gasteiger partial charge in [0.25, 0.3) is 0 Å². The fourth-order valence-corrected chi connectivity index (χ4v) is 3.11. The number of carbonyl (C=O) groups is 1. The van der Waals surface area contributed by atoms with E-state index in [0.717, 1.165) is 35.1 Å². The van der Waals surface area contributed by atoms with Crippen molar-refractivity contribution in [1.29, 1.82) is 0 Å². The molecule has 5 heteroatoms. The monoisotopic (exact) mass is 298 g/mol.